The Balaban J connectivity index is 2.51. The molecule has 0 bridgehead atoms. The molecule has 0 aliphatic carbocycles. The third-order valence-corrected chi connectivity index (χ3v) is 2.44. The van der Waals surface area contributed by atoms with Crippen LogP contribution in [0.2, 0.25) is 0 Å². The summed E-state index contributed by atoms with van der Waals surface area (Å²) in [7, 11) is 3.69. The van der Waals surface area contributed by atoms with Crippen molar-refractivity contribution in [3.8, 4) is 0 Å². The van der Waals surface area contributed by atoms with E-state index >= 15 is 0 Å². The molecule has 4 nitrogen and oxygen atoms in total. The summed E-state index contributed by atoms with van der Waals surface area (Å²) in [5.74, 6) is 1.08. The Labute approximate surface area is 91.6 Å². The lowest BCUT2D eigenvalue weighted by Crippen LogP contribution is -2.18. The summed E-state index contributed by atoms with van der Waals surface area (Å²) in [5.41, 5.74) is 1.12. The van der Waals surface area contributed by atoms with Crippen LogP contribution in [0.15, 0.2) is 6.07 Å². The molecular weight excluding hydrogens is 190 g/mol. The summed E-state index contributed by atoms with van der Waals surface area (Å²) >= 11 is 0. The molecule has 1 heterocycles. The van der Waals surface area contributed by atoms with Gasteiger partial charge in [-0.15, -0.1) is 0 Å². The van der Waals surface area contributed by atoms with Crippen LogP contribution in [0, 0.1) is 0 Å². The SMILES string of the molecule is CCc1cc(NC(C)CCOC)n(C)n1. The van der Waals surface area contributed by atoms with Crippen LogP contribution >= 0.6 is 0 Å². The monoisotopic (exact) mass is 211 g/mol. The molecular formula is C11H21N3O. The van der Waals surface area contributed by atoms with Crippen LogP contribution in [0.3, 0.4) is 0 Å². The molecule has 1 aromatic heterocycles. The number of methoxy groups -OCH3 is 1. The number of rotatable bonds is 6. The quantitative estimate of drug-likeness (QED) is 0.780. The van der Waals surface area contributed by atoms with Crippen molar-refractivity contribution in [3.63, 3.8) is 0 Å². The van der Waals surface area contributed by atoms with E-state index in [-0.39, 0.29) is 0 Å². The van der Waals surface area contributed by atoms with Gasteiger partial charge in [-0.3, -0.25) is 4.68 Å². The minimum atomic E-state index is 0.407. The first kappa shape index (κ1) is 12.0. The van der Waals surface area contributed by atoms with Gasteiger partial charge in [0.1, 0.15) is 5.82 Å². The van der Waals surface area contributed by atoms with Crippen LogP contribution in [0.4, 0.5) is 5.82 Å². The maximum atomic E-state index is 5.04. The van der Waals surface area contributed by atoms with Crippen LogP contribution in [0.25, 0.3) is 0 Å². The largest absolute Gasteiger partial charge is 0.385 e. The van der Waals surface area contributed by atoms with E-state index in [0.717, 1.165) is 31.0 Å². The smallest absolute Gasteiger partial charge is 0.124 e. The predicted octanol–water partition coefficient (Wildman–Crippen LogP) is 1.82. The Morgan fingerprint density at radius 2 is 2.33 bits per heavy atom. The number of hydrogen-bond donors (Lipinski definition) is 1. The van der Waals surface area contributed by atoms with Gasteiger partial charge < -0.3 is 10.1 Å². The molecule has 86 valence electrons. The average Bonchev–Trinajstić information content (AvgIpc) is 2.57. The lowest BCUT2D eigenvalue weighted by molar-refractivity contribution is 0.191. The third-order valence-electron chi connectivity index (χ3n) is 2.44. The van der Waals surface area contributed by atoms with Crippen molar-refractivity contribution < 1.29 is 4.74 Å². The van der Waals surface area contributed by atoms with Crippen LogP contribution < -0.4 is 5.32 Å². The van der Waals surface area contributed by atoms with Gasteiger partial charge in [0.25, 0.3) is 0 Å². The first-order chi connectivity index (χ1) is 7.17. The van der Waals surface area contributed by atoms with E-state index in [1.807, 2.05) is 11.7 Å². The second-order valence-electron chi connectivity index (χ2n) is 3.82. The zero-order valence-corrected chi connectivity index (χ0v) is 10.1. The topological polar surface area (TPSA) is 39.1 Å². The number of nitrogens with zero attached hydrogens (tertiary/aromatic N) is 2. The van der Waals surface area contributed by atoms with E-state index < -0.39 is 0 Å². The zero-order valence-electron chi connectivity index (χ0n) is 10.1. The molecule has 0 aromatic carbocycles. The summed E-state index contributed by atoms with van der Waals surface area (Å²) < 4.78 is 6.94. The van der Waals surface area contributed by atoms with E-state index in [9.17, 15) is 0 Å². The molecule has 15 heavy (non-hydrogen) atoms. The molecule has 0 aliphatic rings. The van der Waals surface area contributed by atoms with E-state index in [4.69, 9.17) is 4.74 Å². The summed E-state index contributed by atoms with van der Waals surface area (Å²) in [6.45, 7) is 5.05. The van der Waals surface area contributed by atoms with E-state index in [1.165, 1.54) is 0 Å². The number of nitrogens with one attached hydrogen (secondary N) is 1. The molecule has 0 fully saturated rings. The Bertz CT molecular complexity index is 296. The van der Waals surface area contributed by atoms with Crippen molar-refractivity contribution in [2.75, 3.05) is 19.0 Å². The van der Waals surface area contributed by atoms with Crippen molar-refractivity contribution in [2.45, 2.75) is 32.7 Å². The van der Waals surface area contributed by atoms with E-state index in [2.05, 4.69) is 30.3 Å². The highest BCUT2D eigenvalue weighted by Crippen LogP contribution is 2.11. The predicted molar refractivity (Wildman–Crippen MR) is 62.2 cm³/mol. The van der Waals surface area contributed by atoms with Crippen molar-refractivity contribution >= 4 is 5.82 Å². The minimum absolute atomic E-state index is 0.407. The fourth-order valence-electron chi connectivity index (χ4n) is 1.45. The number of hydrogen-bond acceptors (Lipinski definition) is 3. The maximum Gasteiger partial charge on any atom is 0.124 e. The molecule has 1 aromatic rings. The molecule has 0 amide bonds. The Hall–Kier alpha value is -1.03. The highest BCUT2D eigenvalue weighted by atomic mass is 16.5. The van der Waals surface area contributed by atoms with Gasteiger partial charge in [-0.25, -0.2) is 0 Å². The van der Waals surface area contributed by atoms with Crippen molar-refractivity contribution in [1.29, 1.82) is 0 Å². The van der Waals surface area contributed by atoms with Gasteiger partial charge in [0, 0.05) is 32.9 Å². The van der Waals surface area contributed by atoms with Gasteiger partial charge in [-0.2, -0.15) is 5.10 Å². The molecule has 0 radical (unpaired) electrons. The first-order valence-corrected chi connectivity index (χ1v) is 5.45. The number of anilines is 1. The highest BCUT2D eigenvalue weighted by Gasteiger charge is 2.06. The fraction of sp³-hybridized carbons (Fsp3) is 0.727. The van der Waals surface area contributed by atoms with Gasteiger partial charge in [-0.05, 0) is 19.8 Å². The van der Waals surface area contributed by atoms with Crippen molar-refractivity contribution in [3.05, 3.63) is 11.8 Å². The lowest BCUT2D eigenvalue weighted by Gasteiger charge is -2.14. The zero-order chi connectivity index (χ0) is 11.3. The lowest BCUT2D eigenvalue weighted by atomic mass is 10.2. The van der Waals surface area contributed by atoms with Crippen molar-refractivity contribution in [2.24, 2.45) is 7.05 Å². The minimum Gasteiger partial charge on any atom is -0.385 e. The molecule has 1 rings (SSSR count). The van der Waals surface area contributed by atoms with Crippen molar-refractivity contribution in [1.82, 2.24) is 9.78 Å². The first-order valence-electron chi connectivity index (χ1n) is 5.45. The second-order valence-corrected chi connectivity index (χ2v) is 3.82. The molecule has 4 heteroatoms. The second kappa shape index (κ2) is 5.75. The molecule has 0 spiro atoms. The van der Waals surface area contributed by atoms with Crippen LogP contribution in [-0.4, -0.2) is 29.5 Å². The summed E-state index contributed by atoms with van der Waals surface area (Å²) in [6, 6.07) is 2.51. The van der Waals surface area contributed by atoms with Gasteiger partial charge in [0.15, 0.2) is 0 Å². The standard InChI is InChI=1S/C11H21N3O/c1-5-10-8-11(14(3)13-10)12-9(2)6-7-15-4/h8-9,12H,5-7H2,1-4H3. The Morgan fingerprint density at radius 3 is 2.87 bits per heavy atom. The molecule has 0 aliphatic heterocycles. The maximum absolute atomic E-state index is 5.04. The summed E-state index contributed by atoms with van der Waals surface area (Å²) in [6.07, 6.45) is 1.98. The van der Waals surface area contributed by atoms with Gasteiger partial charge in [-0.1, -0.05) is 6.92 Å². The molecule has 1 unspecified atom stereocenters. The molecule has 1 N–H and O–H groups in total. The average molecular weight is 211 g/mol. The normalized spacial score (nSPS) is 12.8. The molecule has 1 atom stereocenters. The summed E-state index contributed by atoms with van der Waals surface area (Å²) in [5, 5.41) is 7.81. The Morgan fingerprint density at radius 1 is 1.60 bits per heavy atom. The third kappa shape index (κ3) is 3.55. The van der Waals surface area contributed by atoms with Crippen LogP contribution in [-0.2, 0) is 18.2 Å². The molecule has 0 saturated carbocycles. The number of aryl methyl sites for hydroxylation is 2. The summed E-state index contributed by atoms with van der Waals surface area (Å²) in [4.78, 5) is 0. The van der Waals surface area contributed by atoms with Crippen LogP contribution in [0.1, 0.15) is 26.0 Å². The van der Waals surface area contributed by atoms with E-state index in [0.29, 0.717) is 6.04 Å². The van der Waals surface area contributed by atoms with Crippen LogP contribution in [0.5, 0.6) is 0 Å². The fourth-order valence-corrected chi connectivity index (χ4v) is 1.45. The number of ether oxygens (including phenoxy) is 1. The molecule has 0 saturated heterocycles. The van der Waals surface area contributed by atoms with Gasteiger partial charge >= 0.3 is 0 Å². The number of aromatic nitrogens is 2. The van der Waals surface area contributed by atoms with E-state index in [1.54, 1.807) is 7.11 Å². The van der Waals surface area contributed by atoms with Gasteiger partial charge in [0.05, 0.1) is 5.69 Å². The Kier molecular flexibility index (Phi) is 4.62. The highest BCUT2D eigenvalue weighted by molar-refractivity contribution is 5.37. The van der Waals surface area contributed by atoms with Gasteiger partial charge in [0.2, 0.25) is 0 Å².